The highest BCUT2D eigenvalue weighted by atomic mass is 16.5. The van der Waals surface area contributed by atoms with Gasteiger partial charge in [0, 0.05) is 0 Å². The molecular weight excluding hydrogens is 274 g/mol. The van der Waals surface area contributed by atoms with Crippen LogP contribution in [-0.2, 0) is 4.74 Å². The fourth-order valence-electron chi connectivity index (χ4n) is 3.53. The summed E-state index contributed by atoms with van der Waals surface area (Å²) in [5.74, 6) is -0.103. The van der Waals surface area contributed by atoms with Gasteiger partial charge in [-0.1, -0.05) is 5.21 Å². The van der Waals surface area contributed by atoms with E-state index in [0.717, 1.165) is 25.9 Å². The van der Waals surface area contributed by atoms with Crippen molar-refractivity contribution in [1.29, 1.82) is 0 Å². The van der Waals surface area contributed by atoms with E-state index in [1.54, 1.807) is 9.58 Å². The molecule has 114 valence electrons. The summed E-state index contributed by atoms with van der Waals surface area (Å²) in [4.78, 5) is 14.5. The average Bonchev–Trinajstić information content (AvgIpc) is 3.22. The van der Waals surface area contributed by atoms with Crippen molar-refractivity contribution in [2.24, 2.45) is 0 Å². The number of aromatic nitrogens is 3. The molecule has 1 aromatic rings. The zero-order chi connectivity index (χ0) is 14.4. The van der Waals surface area contributed by atoms with E-state index in [4.69, 9.17) is 4.74 Å². The molecule has 3 aliphatic heterocycles. The molecule has 0 spiro atoms. The fourth-order valence-corrected chi connectivity index (χ4v) is 3.53. The Balaban J connectivity index is 1.57. The predicted octanol–water partition coefficient (Wildman–Crippen LogP) is -1.21. The van der Waals surface area contributed by atoms with Gasteiger partial charge in [0.05, 0.1) is 31.4 Å². The molecule has 3 fully saturated rings. The number of hydrogen-bond acceptors (Lipinski definition) is 6. The summed E-state index contributed by atoms with van der Waals surface area (Å²) in [6.45, 7) is 2.72. The Morgan fingerprint density at radius 1 is 1.43 bits per heavy atom. The molecule has 1 amide bonds. The minimum absolute atomic E-state index is 0.103. The van der Waals surface area contributed by atoms with Crippen LogP contribution in [0.1, 0.15) is 29.4 Å². The molecule has 2 bridgehead atoms. The van der Waals surface area contributed by atoms with Gasteiger partial charge >= 0.3 is 0 Å². The largest absolute Gasteiger partial charge is 0.388 e. The smallest absolute Gasteiger partial charge is 0.274 e. The number of rotatable bonds is 2. The van der Waals surface area contributed by atoms with Gasteiger partial charge in [0.2, 0.25) is 0 Å². The quantitative estimate of drug-likeness (QED) is 0.710. The van der Waals surface area contributed by atoms with Crippen LogP contribution in [0.25, 0.3) is 0 Å². The first-order valence-corrected chi connectivity index (χ1v) is 7.47. The lowest BCUT2D eigenvalue weighted by Crippen LogP contribution is -2.43. The molecule has 2 N–H and O–H groups in total. The third-order valence-corrected chi connectivity index (χ3v) is 4.74. The molecule has 3 atom stereocenters. The summed E-state index contributed by atoms with van der Waals surface area (Å²) < 4.78 is 7.17. The third-order valence-electron chi connectivity index (χ3n) is 4.74. The lowest BCUT2D eigenvalue weighted by molar-refractivity contribution is 0.0204. The van der Waals surface area contributed by atoms with Crippen LogP contribution in [0.4, 0.5) is 0 Å². The van der Waals surface area contributed by atoms with Gasteiger partial charge in [0.15, 0.2) is 0 Å². The number of nitrogens with zero attached hydrogens (tertiary/aromatic N) is 4. The molecule has 0 aliphatic carbocycles. The van der Waals surface area contributed by atoms with Gasteiger partial charge in [-0.15, -0.1) is 5.10 Å². The van der Waals surface area contributed by atoms with E-state index in [0.29, 0.717) is 18.8 Å². The summed E-state index contributed by atoms with van der Waals surface area (Å²) in [5, 5.41) is 21.3. The lowest BCUT2D eigenvalue weighted by atomic mass is 10.1. The summed E-state index contributed by atoms with van der Waals surface area (Å²) in [7, 11) is 0. The van der Waals surface area contributed by atoms with Gasteiger partial charge in [-0.2, -0.15) is 0 Å². The molecule has 1 aromatic heterocycles. The van der Waals surface area contributed by atoms with Crippen molar-refractivity contribution in [3.05, 3.63) is 11.9 Å². The normalized spacial score (nSPS) is 32.8. The molecule has 0 aromatic carbocycles. The Labute approximate surface area is 122 Å². The Bertz CT molecular complexity index is 542. The van der Waals surface area contributed by atoms with Gasteiger partial charge in [0.25, 0.3) is 5.91 Å². The second-order valence-electron chi connectivity index (χ2n) is 5.93. The number of carbonyl (C=O) groups excluding carboxylic acids is 1. The Hall–Kier alpha value is -1.51. The monoisotopic (exact) mass is 293 g/mol. The first-order valence-electron chi connectivity index (χ1n) is 7.47. The molecule has 8 heteroatoms. The fraction of sp³-hybridized carbons (Fsp3) is 0.769. The van der Waals surface area contributed by atoms with Gasteiger partial charge in [-0.3, -0.25) is 4.79 Å². The van der Waals surface area contributed by atoms with Crippen LogP contribution >= 0.6 is 0 Å². The van der Waals surface area contributed by atoms with E-state index in [9.17, 15) is 9.90 Å². The number of hydrogen-bond donors (Lipinski definition) is 2. The number of fused-ring (bicyclic) bond motifs is 2. The highest BCUT2D eigenvalue weighted by molar-refractivity contribution is 5.93. The number of aliphatic hydroxyl groups is 1. The van der Waals surface area contributed by atoms with E-state index < -0.39 is 6.10 Å². The van der Waals surface area contributed by atoms with Gasteiger partial charge in [-0.25, -0.2) is 4.68 Å². The van der Waals surface area contributed by atoms with Crippen LogP contribution in [0.3, 0.4) is 0 Å². The molecule has 21 heavy (non-hydrogen) atoms. The summed E-state index contributed by atoms with van der Waals surface area (Å²) in [5.41, 5.74) is 0.515. The first kappa shape index (κ1) is 13.2. The minimum Gasteiger partial charge on any atom is -0.388 e. The molecule has 4 rings (SSSR count). The van der Waals surface area contributed by atoms with Crippen LogP contribution in [-0.4, -0.2) is 75.4 Å². The van der Waals surface area contributed by atoms with Gasteiger partial charge in [-0.05, 0) is 25.9 Å². The SMILES string of the molecule is O=C(c1cnnn1C1CCNCC1)N1C[C@H]2OC[C@@H]1[C@@H]2O. The molecule has 8 nitrogen and oxygen atoms in total. The maximum atomic E-state index is 12.7. The Kier molecular flexibility index (Phi) is 3.16. The van der Waals surface area contributed by atoms with Crippen LogP contribution in [0.5, 0.6) is 0 Å². The molecular formula is C13H19N5O3. The van der Waals surface area contributed by atoms with E-state index in [-0.39, 0.29) is 24.1 Å². The van der Waals surface area contributed by atoms with Crippen molar-refractivity contribution < 1.29 is 14.6 Å². The van der Waals surface area contributed by atoms with E-state index in [1.165, 1.54) is 6.20 Å². The maximum Gasteiger partial charge on any atom is 0.274 e. The van der Waals surface area contributed by atoms with Crippen LogP contribution in [0, 0.1) is 0 Å². The van der Waals surface area contributed by atoms with Crippen molar-refractivity contribution in [2.45, 2.75) is 37.1 Å². The number of ether oxygens (including phenoxy) is 1. The molecule has 0 saturated carbocycles. The van der Waals surface area contributed by atoms with E-state index >= 15 is 0 Å². The molecule has 3 saturated heterocycles. The number of morpholine rings is 1. The van der Waals surface area contributed by atoms with E-state index in [1.807, 2.05) is 0 Å². The lowest BCUT2D eigenvalue weighted by Gasteiger charge is -2.28. The highest BCUT2D eigenvalue weighted by Gasteiger charge is 2.50. The Morgan fingerprint density at radius 2 is 2.24 bits per heavy atom. The van der Waals surface area contributed by atoms with E-state index in [2.05, 4.69) is 15.6 Å². The topological polar surface area (TPSA) is 92.5 Å². The zero-order valence-electron chi connectivity index (χ0n) is 11.7. The zero-order valence-corrected chi connectivity index (χ0v) is 11.7. The molecule has 0 radical (unpaired) electrons. The van der Waals surface area contributed by atoms with Gasteiger partial charge in [0.1, 0.15) is 17.9 Å². The number of amides is 1. The summed E-state index contributed by atoms with van der Waals surface area (Å²) in [6.07, 6.45) is 2.60. The van der Waals surface area contributed by atoms with Crippen molar-refractivity contribution in [2.75, 3.05) is 26.2 Å². The van der Waals surface area contributed by atoms with Crippen LogP contribution in [0.2, 0.25) is 0 Å². The van der Waals surface area contributed by atoms with Crippen molar-refractivity contribution in [3.8, 4) is 0 Å². The second-order valence-corrected chi connectivity index (χ2v) is 5.93. The van der Waals surface area contributed by atoms with Crippen LogP contribution < -0.4 is 5.32 Å². The summed E-state index contributed by atoms with van der Waals surface area (Å²) in [6, 6.07) is -0.0208. The molecule has 3 aliphatic rings. The summed E-state index contributed by atoms with van der Waals surface area (Å²) >= 11 is 0. The number of likely N-dealkylation sites (tertiary alicyclic amines) is 1. The minimum atomic E-state index is -0.572. The third kappa shape index (κ3) is 2.05. The first-order chi connectivity index (χ1) is 10.3. The Morgan fingerprint density at radius 3 is 2.90 bits per heavy atom. The van der Waals surface area contributed by atoms with Crippen LogP contribution in [0.15, 0.2) is 6.20 Å². The number of carbonyl (C=O) groups is 1. The predicted molar refractivity (Wildman–Crippen MR) is 71.7 cm³/mol. The highest BCUT2D eigenvalue weighted by Crippen LogP contribution is 2.30. The average molecular weight is 293 g/mol. The number of nitrogens with one attached hydrogen (secondary N) is 1. The molecule has 0 unspecified atom stereocenters. The van der Waals surface area contributed by atoms with Crippen molar-refractivity contribution >= 4 is 5.91 Å². The number of aliphatic hydroxyl groups excluding tert-OH is 1. The maximum absolute atomic E-state index is 12.7. The van der Waals surface area contributed by atoms with Gasteiger partial charge < -0.3 is 20.1 Å². The van der Waals surface area contributed by atoms with Crippen molar-refractivity contribution in [3.63, 3.8) is 0 Å². The van der Waals surface area contributed by atoms with Crippen molar-refractivity contribution in [1.82, 2.24) is 25.2 Å². The second kappa shape index (κ2) is 5.04. The molecule has 4 heterocycles. The number of piperidine rings is 1. The standard InChI is InChI=1S/C13H19N5O3/c19-12-10-7-21-11(12)6-17(10)13(20)9-5-15-16-18(9)8-1-3-14-4-2-8/h5,8,10-12,14,19H,1-4,6-7H2/t10-,11-,12+/m1/s1.